The second-order valence-electron chi connectivity index (χ2n) is 6.57. The summed E-state index contributed by atoms with van der Waals surface area (Å²) in [5.41, 5.74) is 0.302. The van der Waals surface area contributed by atoms with Crippen molar-refractivity contribution in [3.63, 3.8) is 0 Å². The number of hydrogen-bond acceptors (Lipinski definition) is 4. The highest BCUT2D eigenvalue weighted by molar-refractivity contribution is 7.99. The fraction of sp³-hybridized carbons (Fsp3) is 0.667. The van der Waals surface area contributed by atoms with E-state index in [1.807, 2.05) is 11.8 Å². The number of benzene rings is 1. The van der Waals surface area contributed by atoms with E-state index in [4.69, 9.17) is 9.47 Å². The third-order valence-electron chi connectivity index (χ3n) is 4.57. The maximum Gasteiger partial charge on any atom is 0.120 e. The minimum Gasteiger partial charge on any atom is -0.492 e. The Morgan fingerprint density at radius 2 is 2.27 bits per heavy atom. The second kappa shape index (κ2) is 7.71. The lowest BCUT2D eigenvalue weighted by Gasteiger charge is -2.20. The molecule has 4 heteroatoms. The fourth-order valence-corrected chi connectivity index (χ4v) is 4.43. The molecule has 0 amide bonds. The predicted octanol–water partition coefficient (Wildman–Crippen LogP) is 4.02. The van der Waals surface area contributed by atoms with E-state index in [-0.39, 0.29) is 0 Å². The third-order valence-corrected chi connectivity index (χ3v) is 5.69. The molecule has 2 heterocycles. The van der Waals surface area contributed by atoms with Gasteiger partial charge in [0.2, 0.25) is 0 Å². The van der Waals surface area contributed by atoms with Gasteiger partial charge in [-0.3, -0.25) is 4.90 Å². The van der Waals surface area contributed by atoms with Crippen LogP contribution in [0.5, 0.6) is 5.75 Å². The van der Waals surface area contributed by atoms with Crippen LogP contribution in [0.15, 0.2) is 29.2 Å². The Bertz CT molecular complexity index is 482. The SMILES string of the molecule is CC1CCCN1CCOc1cccc(SC2C[C@@H](C)CO2)c1. The predicted molar refractivity (Wildman–Crippen MR) is 91.6 cm³/mol. The van der Waals surface area contributed by atoms with Crippen molar-refractivity contribution in [1.29, 1.82) is 0 Å². The number of nitrogens with zero attached hydrogens (tertiary/aromatic N) is 1. The zero-order valence-corrected chi connectivity index (χ0v) is 14.5. The summed E-state index contributed by atoms with van der Waals surface area (Å²) in [4.78, 5) is 3.76. The number of ether oxygens (including phenoxy) is 2. The van der Waals surface area contributed by atoms with E-state index in [9.17, 15) is 0 Å². The fourth-order valence-electron chi connectivity index (χ4n) is 3.21. The molecule has 1 aromatic carbocycles. The monoisotopic (exact) mass is 321 g/mol. The van der Waals surface area contributed by atoms with Crippen molar-refractivity contribution in [2.24, 2.45) is 5.92 Å². The third kappa shape index (κ3) is 4.40. The van der Waals surface area contributed by atoms with Crippen molar-refractivity contribution < 1.29 is 9.47 Å². The van der Waals surface area contributed by atoms with Crippen LogP contribution < -0.4 is 4.74 Å². The summed E-state index contributed by atoms with van der Waals surface area (Å²) in [6, 6.07) is 9.13. The molecule has 122 valence electrons. The van der Waals surface area contributed by atoms with Gasteiger partial charge in [-0.2, -0.15) is 0 Å². The van der Waals surface area contributed by atoms with Crippen LogP contribution in [-0.2, 0) is 4.74 Å². The molecule has 2 aliphatic heterocycles. The first kappa shape index (κ1) is 16.2. The van der Waals surface area contributed by atoms with Crippen LogP contribution in [0.2, 0.25) is 0 Å². The van der Waals surface area contributed by atoms with Crippen LogP contribution in [0.25, 0.3) is 0 Å². The van der Waals surface area contributed by atoms with Crippen molar-refractivity contribution in [3.8, 4) is 5.75 Å². The van der Waals surface area contributed by atoms with Gasteiger partial charge in [0.15, 0.2) is 0 Å². The zero-order valence-electron chi connectivity index (χ0n) is 13.7. The Kier molecular flexibility index (Phi) is 5.66. The maximum absolute atomic E-state index is 5.95. The number of likely N-dealkylation sites (tertiary alicyclic amines) is 1. The standard InChI is InChI=1S/C18H27NO2S/c1-14-11-18(21-13-14)22-17-7-3-6-16(12-17)20-10-9-19-8-4-5-15(19)2/h3,6-7,12,14-15,18H,4-5,8-11,13H2,1-2H3/t14-,15?,18?/m1/s1. The molecule has 2 saturated heterocycles. The molecule has 3 nitrogen and oxygen atoms in total. The van der Waals surface area contributed by atoms with E-state index < -0.39 is 0 Å². The Hall–Kier alpha value is -0.710. The lowest BCUT2D eigenvalue weighted by Crippen LogP contribution is -2.31. The molecule has 2 fully saturated rings. The second-order valence-corrected chi connectivity index (χ2v) is 7.81. The molecule has 0 bridgehead atoms. The summed E-state index contributed by atoms with van der Waals surface area (Å²) in [7, 11) is 0. The lowest BCUT2D eigenvalue weighted by atomic mass is 10.2. The van der Waals surface area contributed by atoms with E-state index in [1.165, 1.54) is 24.3 Å². The quantitative estimate of drug-likeness (QED) is 0.789. The van der Waals surface area contributed by atoms with Gasteiger partial charge >= 0.3 is 0 Å². The van der Waals surface area contributed by atoms with Gasteiger partial charge in [0.05, 0.1) is 6.61 Å². The average molecular weight is 321 g/mol. The first-order valence-corrected chi connectivity index (χ1v) is 9.34. The van der Waals surface area contributed by atoms with Crippen molar-refractivity contribution in [2.75, 3.05) is 26.3 Å². The molecule has 22 heavy (non-hydrogen) atoms. The van der Waals surface area contributed by atoms with Crippen LogP contribution in [-0.4, -0.2) is 42.7 Å². The highest BCUT2D eigenvalue weighted by Crippen LogP contribution is 2.34. The molecule has 0 saturated carbocycles. The molecule has 0 spiro atoms. The Morgan fingerprint density at radius 1 is 1.36 bits per heavy atom. The normalized spacial score (nSPS) is 29.1. The van der Waals surface area contributed by atoms with Crippen LogP contribution in [0.1, 0.15) is 33.1 Å². The Balaban J connectivity index is 1.46. The molecule has 1 aromatic rings. The molecule has 3 atom stereocenters. The van der Waals surface area contributed by atoms with Gasteiger partial charge in [-0.25, -0.2) is 0 Å². The maximum atomic E-state index is 5.95. The summed E-state index contributed by atoms with van der Waals surface area (Å²) >= 11 is 1.82. The van der Waals surface area contributed by atoms with Gasteiger partial charge in [0, 0.05) is 17.5 Å². The number of hydrogen-bond donors (Lipinski definition) is 0. The Morgan fingerprint density at radius 3 is 3.00 bits per heavy atom. The van der Waals surface area contributed by atoms with Crippen LogP contribution in [0.3, 0.4) is 0 Å². The largest absolute Gasteiger partial charge is 0.492 e. The summed E-state index contributed by atoms with van der Waals surface area (Å²) in [5, 5.41) is 0. The summed E-state index contributed by atoms with van der Waals surface area (Å²) in [5.74, 6) is 1.65. The topological polar surface area (TPSA) is 21.7 Å². The minimum atomic E-state index is 0.302. The molecular weight excluding hydrogens is 294 g/mol. The van der Waals surface area contributed by atoms with Crippen LogP contribution >= 0.6 is 11.8 Å². The van der Waals surface area contributed by atoms with Crippen molar-refractivity contribution in [3.05, 3.63) is 24.3 Å². The van der Waals surface area contributed by atoms with E-state index >= 15 is 0 Å². The number of rotatable bonds is 6. The number of thioether (sulfide) groups is 1. The molecular formula is C18H27NO2S. The molecule has 0 aromatic heterocycles. The Labute approximate surface area is 138 Å². The van der Waals surface area contributed by atoms with Crippen molar-refractivity contribution in [2.45, 2.75) is 49.5 Å². The summed E-state index contributed by atoms with van der Waals surface area (Å²) in [6.07, 6.45) is 3.79. The highest BCUT2D eigenvalue weighted by Gasteiger charge is 2.23. The van der Waals surface area contributed by atoms with E-state index in [1.54, 1.807) is 0 Å². The van der Waals surface area contributed by atoms with Gasteiger partial charge in [-0.15, -0.1) is 0 Å². The van der Waals surface area contributed by atoms with Gasteiger partial charge in [-0.05, 0) is 56.8 Å². The smallest absolute Gasteiger partial charge is 0.120 e. The van der Waals surface area contributed by atoms with Crippen molar-refractivity contribution >= 4 is 11.8 Å². The zero-order chi connectivity index (χ0) is 15.4. The minimum absolute atomic E-state index is 0.302. The van der Waals surface area contributed by atoms with Gasteiger partial charge in [0.1, 0.15) is 17.8 Å². The van der Waals surface area contributed by atoms with Gasteiger partial charge < -0.3 is 9.47 Å². The van der Waals surface area contributed by atoms with E-state index in [2.05, 4.69) is 43.0 Å². The van der Waals surface area contributed by atoms with Crippen LogP contribution in [0, 0.1) is 5.92 Å². The molecule has 3 rings (SSSR count). The lowest BCUT2D eigenvalue weighted by molar-refractivity contribution is 0.166. The van der Waals surface area contributed by atoms with Gasteiger partial charge in [-0.1, -0.05) is 24.8 Å². The first-order valence-electron chi connectivity index (χ1n) is 8.46. The molecule has 2 aliphatic rings. The molecule has 0 N–H and O–H groups in total. The molecule has 2 unspecified atom stereocenters. The summed E-state index contributed by atoms with van der Waals surface area (Å²) in [6.45, 7) is 8.48. The highest BCUT2D eigenvalue weighted by atomic mass is 32.2. The summed E-state index contributed by atoms with van der Waals surface area (Å²) < 4.78 is 11.7. The van der Waals surface area contributed by atoms with E-state index in [0.29, 0.717) is 17.4 Å². The van der Waals surface area contributed by atoms with E-state index in [0.717, 1.165) is 31.9 Å². The average Bonchev–Trinajstić information content (AvgIpc) is 3.09. The van der Waals surface area contributed by atoms with Crippen molar-refractivity contribution in [1.82, 2.24) is 4.90 Å². The van der Waals surface area contributed by atoms with Crippen LogP contribution in [0.4, 0.5) is 0 Å². The first-order chi connectivity index (χ1) is 10.7. The van der Waals surface area contributed by atoms with Gasteiger partial charge in [0.25, 0.3) is 0 Å². The molecule has 0 aliphatic carbocycles. The molecule has 0 radical (unpaired) electrons.